The fraction of sp³-hybridized carbons (Fsp3) is 0.412. The molecule has 0 saturated heterocycles. The van der Waals surface area contributed by atoms with Crippen LogP contribution in [0.15, 0.2) is 18.2 Å². The van der Waals surface area contributed by atoms with Gasteiger partial charge < -0.3 is 10.0 Å². The van der Waals surface area contributed by atoms with E-state index in [1.807, 2.05) is 37.2 Å². The Morgan fingerprint density at radius 3 is 2.91 bits per heavy atom. The van der Waals surface area contributed by atoms with Gasteiger partial charge in [-0.2, -0.15) is 0 Å². The zero-order valence-corrected chi connectivity index (χ0v) is 14.7. The van der Waals surface area contributed by atoms with Crippen LogP contribution in [0.1, 0.15) is 35.8 Å². The normalized spacial score (nSPS) is 16.9. The van der Waals surface area contributed by atoms with Gasteiger partial charge in [0.15, 0.2) is 0 Å². The molecule has 1 aromatic heterocycles. The van der Waals surface area contributed by atoms with E-state index >= 15 is 0 Å². The summed E-state index contributed by atoms with van der Waals surface area (Å²) in [6, 6.07) is 5.95. The highest BCUT2D eigenvalue weighted by Gasteiger charge is 2.27. The first-order valence-corrected chi connectivity index (χ1v) is 8.83. The molecule has 1 heterocycles. The van der Waals surface area contributed by atoms with Crippen molar-refractivity contribution < 1.29 is 9.90 Å². The van der Waals surface area contributed by atoms with Crippen LogP contribution >= 0.6 is 22.9 Å². The highest BCUT2D eigenvalue weighted by atomic mass is 35.5. The molecule has 6 heteroatoms. The molecule has 0 fully saturated rings. The molecule has 0 amide bonds. The third-order valence-corrected chi connectivity index (χ3v) is 5.79. The van der Waals surface area contributed by atoms with Crippen molar-refractivity contribution in [2.45, 2.75) is 31.6 Å². The number of aliphatic carboxylic acids is 1. The van der Waals surface area contributed by atoms with Crippen molar-refractivity contribution in [1.82, 2.24) is 4.98 Å². The Morgan fingerprint density at radius 1 is 1.48 bits per heavy atom. The average molecular weight is 351 g/mol. The van der Waals surface area contributed by atoms with Gasteiger partial charge in [0, 0.05) is 36.1 Å². The number of halogens is 1. The van der Waals surface area contributed by atoms with E-state index in [4.69, 9.17) is 21.7 Å². The van der Waals surface area contributed by atoms with Crippen LogP contribution in [-0.2, 0) is 11.2 Å². The summed E-state index contributed by atoms with van der Waals surface area (Å²) in [5.74, 6) is -0.659. The Bertz CT molecular complexity index is 742. The maximum Gasteiger partial charge on any atom is 0.303 e. The predicted molar refractivity (Wildman–Crippen MR) is 94.8 cm³/mol. The smallest absolute Gasteiger partial charge is 0.303 e. The summed E-state index contributed by atoms with van der Waals surface area (Å²) in [5.41, 5.74) is 3.02. The Morgan fingerprint density at radius 2 is 2.26 bits per heavy atom. The van der Waals surface area contributed by atoms with Gasteiger partial charge in [0.1, 0.15) is 5.01 Å². The molecule has 1 aromatic carbocycles. The first-order valence-electron chi connectivity index (χ1n) is 7.64. The van der Waals surface area contributed by atoms with Crippen molar-refractivity contribution >= 4 is 34.6 Å². The van der Waals surface area contributed by atoms with Gasteiger partial charge in [0.25, 0.3) is 0 Å². The lowest BCUT2D eigenvalue weighted by Crippen LogP contribution is -2.11. The standard InChI is InChI=1S/C17H19ClN2O2S/c1-20(2)11-6-7-12(13(18)9-11)17-19-14-5-3-4-10(8-15(21)22)16(14)23-17/h6-7,9-10H,3-5,8H2,1-2H3,(H,21,22). The number of carboxylic acid groups (broad SMARTS) is 1. The molecule has 0 radical (unpaired) electrons. The zero-order chi connectivity index (χ0) is 16.6. The Hall–Kier alpha value is -1.59. The summed E-state index contributed by atoms with van der Waals surface area (Å²) in [7, 11) is 3.95. The van der Waals surface area contributed by atoms with Gasteiger partial charge in [-0.25, -0.2) is 4.98 Å². The van der Waals surface area contributed by atoms with Crippen molar-refractivity contribution in [3.8, 4) is 10.6 Å². The minimum Gasteiger partial charge on any atom is -0.481 e. The van der Waals surface area contributed by atoms with Gasteiger partial charge in [0.2, 0.25) is 0 Å². The molecule has 0 spiro atoms. The molecule has 0 aliphatic heterocycles. The number of carbonyl (C=O) groups is 1. The van der Waals surface area contributed by atoms with E-state index in [-0.39, 0.29) is 12.3 Å². The van der Waals surface area contributed by atoms with Crippen LogP contribution in [0.25, 0.3) is 10.6 Å². The van der Waals surface area contributed by atoms with Crippen LogP contribution in [0, 0.1) is 0 Å². The van der Waals surface area contributed by atoms with Crippen LogP contribution in [-0.4, -0.2) is 30.2 Å². The van der Waals surface area contributed by atoms with Gasteiger partial charge in [0.05, 0.1) is 17.1 Å². The minimum absolute atomic E-state index is 0.0855. The molecule has 1 aliphatic carbocycles. The highest BCUT2D eigenvalue weighted by Crippen LogP contribution is 2.42. The zero-order valence-electron chi connectivity index (χ0n) is 13.2. The van der Waals surface area contributed by atoms with Crippen LogP contribution in [0.5, 0.6) is 0 Å². The van der Waals surface area contributed by atoms with Crippen LogP contribution < -0.4 is 4.90 Å². The number of hydrogen-bond donors (Lipinski definition) is 1. The molecule has 1 unspecified atom stereocenters. The summed E-state index contributed by atoms with van der Waals surface area (Å²) < 4.78 is 0. The van der Waals surface area contributed by atoms with Crippen molar-refractivity contribution in [1.29, 1.82) is 0 Å². The lowest BCUT2D eigenvalue weighted by molar-refractivity contribution is -0.137. The highest BCUT2D eigenvalue weighted by molar-refractivity contribution is 7.15. The number of anilines is 1. The van der Waals surface area contributed by atoms with Gasteiger partial charge in [-0.15, -0.1) is 11.3 Å². The number of rotatable bonds is 4. The number of thiazole rings is 1. The summed E-state index contributed by atoms with van der Waals surface area (Å²) in [4.78, 5) is 18.9. The largest absolute Gasteiger partial charge is 0.481 e. The minimum atomic E-state index is -0.744. The second-order valence-electron chi connectivity index (χ2n) is 6.08. The van der Waals surface area contributed by atoms with Crippen molar-refractivity contribution in [3.05, 3.63) is 33.8 Å². The third kappa shape index (κ3) is 3.35. The molecule has 122 valence electrons. The van der Waals surface area contributed by atoms with E-state index in [1.54, 1.807) is 11.3 Å². The fourth-order valence-electron chi connectivity index (χ4n) is 2.98. The molecule has 3 rings (SSSR count). The molecular weight excluding hydrogens is 332 g/mol. The molecule has 1 N–H and O–H groups in total. The van der Waals surface area contributed by atoms with Gasteiger partial charge in [-0.3, -0.25) is 4.79 Å². The fourth-order valence-corrected chi connectivity index (χ4v) is 4.59. The molecule has 0 bridgehead atoms. The number of aromatic nitrogens is 1. The molecule has 1 atom stereocenters. The lowest BCUT2D eigenvalue weighted by atomic mass is 9.89. The van der Waals surface area contributed by atoms with E-state index in [2.05, 4.69) is 0 Å². The number of hydrogen-bond acceptors (Lipinski definition) is 4. The number of carboxylic acids is 1. The molecular formula is C17H19ClN2O2S. The lowest BCUT2D eigenvalue weighted by Gasteiger charge is -2.19. The van der Waals surface area contributed by atoms with E-state index < -0.39 is 5.97 Å². The second-order valence-corrected chi connectivity index (χ2v) is 7.51. The maximum absolute atomic E-state index is 11.1. The Labute approximate surface area is 144 Å². The molecule has 23 heavy (non-hydrogen) atoms. The monoisotopic (exact) mass is 350 g/mol. The third-order valence-electron chi connectivity index (χ3n) is 4.19. The summed E-state index contributed by atoms with van der Waals surface area (Å²) in [6.45, 7) is 0. The van der Waals surface area contributed by atoms with E-state index in [0.29, 0.717) is 5.02 Å². The number of benzene rings is 1. The van der Waals surface area contributed by atoms with E-state index in [1.165, 1.54) is 0 Å². The number of nitrogens with zero attached hydrogens (tertiary/aromatic N) is 2. The number of aryl methyl sites for hydroxylation is 1. The average Bonchev–Trinajstić information content (AvgIpc) is 2.91. The van der Waals surface area contributed by atoms with Crippen molar-refractivity contribution in [2.75, 3.05) is 19.0 Å². The van der Waals surface area contributed by atoms with E-state index in [9.17, 15) is 4.79 Å². The quantitative estimate of drug-likeness (QED) is 0.886. The van der Waals surface area contributed by atoms with Crippen molar-refractivity contribution in [3.63, 3.8) is 0 Å². The Balaban J connectivity index is 1.96. The number of fused-ring (bicyclic) bond motifs is 1. The van der Waals surface area contributed by atoms with Gasteiger partial charge in [-0.1, -0.05) is 11.6 Å². The first-order chi connectivity index (χ1) is 11.0. The predicted octanol–water partition coefficient (Wildman–Crippen LogP) is 4.42. The molecule has 2 aromatic rings. The van der Waals surface area contributed by atoms with E-state index in [0.717, 1.165) is 46.1 Å². The first kappa shape index (κ1) is 16.3. The van der Waals surface area contributed by atoms with Crippen LogP contribution in [0.3, 0.4) is 0 Å². The SMILES string of the molecule is CN(C)c1ccc(-c2nc3c(s2)C(CC(=O)O)CCC3)c(Cl)c1. The topological polar surface area (TPSA) is 53.4 Å². The maximum atomic E-state index is 11.1. The summed E-state index contributed by atoms with van der Waals surface area (Å²) >= 11 is 8.03. The van der Waals surface area contributed by atoms with Gasteiger partial charge in [-0.05, 0) is 37.5 Å². The second kappa shape index (κ2) is 6.49. The van der Waals surface area contributed by atoms with Crippen molar-refractivity contribution in [2.24, 2.45) is 0 Å². The molecule has 0 saturated carbocycles. The molecule has 4 nitrogen and oxygen atoms in total. The summed E-state index contributed by atoms with van der Waals surface area (Å²) in [5, 5.41) is 10.7. The Kier molecular flexibility index (Phi) is 4.60. The summed E-state index contributed by atoms with van der Waals surface area (Å²) in [6.07, 6.45) is 3.03. The van der Waals surface area contributed by atoms with Crippen LogP contribution in [0.2, 0.25) is 5.02 Å². The van der Waals surface area contributed by atoms with Crippen LogP contribution in [0.4, 0.5) is 5.69 Å². The molecule has 1 aliphatic rings. The van der Waals surface area contributed by atoms with Gasteiger partial charge >= 0.3 is 5.97 Å².